The van der Waals surface area contributed by atoms with E-state index in [4.69, 9.17) is 9.26 Å². The van der Waals surface area contributed by atoms with Crippen molar-refractivity contribution in [1.29, 1.82) is 5.26 Å². The Hall–Kier alpha value is -4.01. The molecule has 2 heterocycles. The number of nitrogens with zero attached hydrogens (tertiary/aromatic N) is 4. The monoisotopic (exact) mass is 558 g/mol. The van der Waals surface area contributed by atoms with Crippen LogP contribution in [0.1, 0.15) is 91.2 Å². The molecule has 12 heteroatoms. The minimum absolute atomic E-state index is 0.00949. The largest absolute Gasteiger partial charge is 0.444 e. The number of halogens is 2. The Kier molecular flexibility index (Phi) is 8.87. The van der Waals surface area contributed by atoms with E-state index in [0.717, 1.165) is 6.08 Å². The highest BCUT2D eigenvalue weighted by Crippen LogP contribution is 2.40. The van der Waals surface area contributed by atoms with E-state index < -0.39 is 41.6 Å². The van der Waals surface area contributed by atoms with Gasteiger partial charge in [-0.2, -0.15) is 10.4 Å². The first-order valence-electron chi connectivity index (χ1n) is 13.0. The number of nitrogens with one attached hydrogen (secondary N) is 2. The molecule has 0 aliphatic heterocycles. The SMILES string of the molecule is CC(C)n1nc(C2=C(F)CC(CC(=O)Nc3cc(CC(C)(C)C)no3)C(F)=C2)c(C#N)c1NC(=O)OC(C)(C)C. The van der Waals surface area contributed by atoms with E-state index in [2.05, 4.69) is 20.9 Å². The van der Waals surface area contributed by atoms with Crippen molar-refractivity contribution in [1.82, 2.24) is 14.9 Å². The molecule has 216 valence electrons. The Morgan fingerprint density at radius 1 is 1.23 bits per heavy atom. The number of hydrogen-bond donors (Lipinski definition) is 2. The quantitative estimate of drug-likeness (QED) is 0.380. The van der Waals surface area contributed by atoms with Crippen molar-refractivity contribution >= 4 is 29.3 Å². The van der Waals surface area contributed by atoms with Crippen LogP contribution in [0.15, 0.2) is 28.3 Å². The molecule has 40 heavy (non-hydrogen) atoms. The van der Waals surface area contributed by atoms with Gasteiger partial charge in [0.1, 0.15) is 34.6 Å². The number of anilines is 2. The average molecular weight is 559 g/mol. The summed E-state index contributed by atoms with van der Waals surface area (Å²) in [7, 11) is 0. The molecule has 0 radical (unpaired) electrons. The minimum atomic E-state index is -1.06. The van der Waals surface area contributed by atoms with Crippen LogP contribution in [0.5, 0.6) is 0 Å². The van der Waals surface area contributed by atoms with E-state index in [9.17, 15) is 14.9 Å². The van der Waals surface area contributed by atoms with Crippen molar-refractivity contribution in [3.05, 3.63) is 40.7 Å². The van der Waals surface area contributed by atoms with Crippen LogP contribution in [0.3, 0.4) is 0 Å². The van der Waals surface area contributed by atoms with Gasteiger partial charge >= 0.3 is 6.09 Å². The molecule has 0 bridgehead atoms. The van der Waals surface area contributed by atoms with Gasteiger partial charge in [-0.15, -0.1) is 0 Å². The molecule has 1 atom stereocenters. The molecule has 10 nitrogen and oxygen atoms in total. The van der Waals surface area contributed by atoms with Crippen LogP contribution in [0.25, 0.3) is 5.57 Å². The molecule has 2 aromatic rings. The first-order valence-corrected chi connectivity index (χ1v) is 13.0. The standard InChI is InChI=1S/C28H36F2N6O4/c1-15(2)36-25(33-26(38)39-28(6,7)8)19(14-31)24(34-36)18-12-20(29)16(9-21(18)30)10-22(37)32-23-11-17(35-40-23)13-27(3,4)5/h11-12,15-16H,9-10,13H2,1-8H3,(H,32,37)(H,33,38). The number of carbonyl (C=O) groups excluding carboxylic acids is 2. The number of nitriles is 1. The number of carbonyl (C=O) groups is 2. The molecule has 1 aliphatic rings. The Balaban J connectivity index is 1.80. The molecule has 1 aliphatic carbocycles. The predicted octanol–water partition coefficient (Wildman–Crippen LogP) is 6.84. The Morgan fingerprint density at radius 3 is 2.48 bits per heavy atom. The van der Waals surface area contributed by atoms with Crippen LogP contribution in [-0.4, -0.2) is 32.5 Å². The molecule has 0 saturated carbocycles. The third-order valence-corrected chi connectivity index (χ3v) is 5.74. The zero-order valence-electron chi connectivity index (χ0n) is 24.1. The summed E-state index contributed by atoms with van der Waals surface area (Å²) in [6, 6.07) is 3.21. The van der Waals surface area contributed by atoms with Gasteiger partial charge in [0.15, 0.2) is 5.82 Å². The summed E-state index contributed by atoms with van der Waals surface area (Å²) < 4.78 is 42.3. The summed E-state index contributed by atoms with van der Waals surface area (Å²) in [5.74, 6) is -2.95. The van der Waals surface area contributed by atoms with E-state index in [1.54, 1.807) is 40.7 Å². The third-order valence-electron chi connectivity index (χ3n) is 5.74. The predicted molar refractivity (Wildman–Crippen MR) is 145 cm³/mol. The highest BCUT2D eigenvalue weighted by atomic mass is 19.1. The lowest BCUT2D eigenvalue weighted by molar-refractivity contribution is -0.117. The van der Waals surface area contributed by atoms with Gasteiger partial charge in [-0.05, 0) is 52.5 Å². The summed E-state index contributed by atoms with van der Waals surface area (Å²) >= 11 is 0. The molecule has 0 saturated heterocycles. The number of ether oxygens (including phenoxy) is 1. The van der Waals surface area contributed by atoms with E-state index in [-0.39, 0.29) is 46.4 Å². The first-order chi connectivity index (χ1) is 18.5. The zero-order chi connectivity index (χ0) is 30.0. The summed E-state index contributed by atoms with van der Waals surface area (Å²) in [5.41, 5.74) is -0.638. The van der Waals surface area contributed by atoms with E-state index >= 15 is 8.78 Å². The molecular formula is C28H36F2N6O4. The van der Waals surface area contributed by atoms with Crippen molar-refractivity contribution < 1.29 is 27.6 Å². The second-order valence-corrected chi connectivity index (χ2v) is 12.3. The summed E-state index contributed by atoms with van der Waals surface area (Å²) in [6.45, 7) is 14.7. The van der Waals surface area contributed by atoms with Crippen LogP contribution < -0.4 is 10.6 Å². The van der Waals surface area contributed by atoms with Crippen LogP contribution >= 0.6 is 0 Å². The summed E-state index contributed by atoms with van der Waals surface area (Å²) in [4.78, 5) is 25.0. The number of hydrogen-bond acceptors (Lipinski definition) is 7. The number of allylic oxidation sites excluding steroid dienone is 4. The third kappa shape index (κ3) is 7.77. The lowest BCUT2D eigenvalue weighted by atomic mass is 9.89. The lowest BCUT2D eigenvalue weighted by Gasteiger charge is -2.20. The van der Waals surface area contributed by atoms with Gasteiger partial charge in [0.25, 0.3) is 0 Å². The zero-order valence-corrected chi connectivity index (χ0v) is 24.1. The fourth-order valence-electron chi connectivity index (χ4n) is 4.16. The van der Waals surface area contributed by atoms with Gasteiger partial charge in [-0.3, -0.25) is 15.4 Å². The number of amides is 2. The maximum absolute atomic E-state index is 15.4. The van der Waals surface area contributed by atoms with Crippen molar-refractivity contribution in [2.75, 3.05) is 10.6 Å². The van der Waals surface area contributed by atoms with Gasteiger partial charge in [-0.1, -0.05) is 25.9 Å². The topological polar surface area (TPSA) is 135 Å². The van der Waals surface area contributed by atoms with Gasteiger partial charge in [0.2, 0.25) is 11.8 Å². The van der Waals surface area contributed by atoms with Crippen LogP contribution in [0.4, 0.5) is 25.3 Å². The molecule has 0 aromatic carbocycles. The average Bonchev–Trinajstić information content (AvgIpc) is 3.37. The van der Waals surface area contributed by atoms with E-state index in [0.29, 0.717) is 12.1 Å². The lowest BCUT2D eigenvalue weighted by Crippen LogP contribution is -2.28. The Morgan fingerprint density at radius 2 is 1.90 bits per heavy atom. The maximum Gasteiger partial charge on any atom is 0.413 e. The summed E-state index contributed by atoms with van der Waals surface area (Å²) in [6.07, 6.45) is 0.00991. The highest BCUT2D eigenvalue weighted by Gasteiger charge is 2.32. The van der Waals surface area contributed by atoms with E-state index in [1.165, 1.54) is 4.68 Å². The smallest absolute Gasteiger partial charge is 0.413 e. The molecule has 2 amide bonds. The second-order valence-electron chi connectivity index (χ2n) is 12.3. The number of aromatic nitrogens is 3. The maximum atomic E-state index is 15.4. The highest BCUT2D eigenvalue weighted by molar-refractivity contribution is 5.91. The molecule has 0 fully saturated rings. The van der Waals surface area contributed by atoms with Crippen molar-refractivity contribution in [2.45, 2.75) is 86.3 Å². The van der Waals surface area contributed by atoms with Crippen molar-refractivity contribution in [3.8, 4) is 6.07 Å². The molecule has 0 spiro atoms. The molecule has 2 N–H and O–H groups in total. The molecule has 1 unspecified atom stereocenters. The van der Waals surface area contributed by atoms with E-state index in [1.807, 2.05) is 26.8 Å². The van der Waals surface area contributed by atoms with Crippen LogP contribution in [0, 0.1) is 22.7 Å². The van der Waals surface area contributed by atoms with Crippen molar-refractivity contribution in [3.63, 3.8) is 0 Å². The first kappa shape index (κ1) is 30.5. The second kappa shape index (κ2) is 11.6. The van der Waals surface area contributed by atoms with Gasteiger partial charge < -0.3 is 9.26 Å². The summed E-state index contributed by atoms with van der Waals surface area (Å²) in [5, 5.41) is 23.2. The Bertz CT molecular complexity index is 1380. The van der Waals surface area contributed by atoms with Gasteiger partial charge in [-0.25, -0.2) is 18.3 Å². The normalized spacial score (nSPS) is 16.1. The van der Waals surface area contributed by atoms with Crippen LogP contribution in [0.2, 0.25) is 0 Å². The fraction of sp³-hybridized carbons (Fsp3) is 0.536. The Labute approximate surface area is 232 Å². The minimum Gasteiger partial charge on any atom is -0.444 e. The fourth-order valence-corrected chi connectivity index (χ4v) is 4.16. The molecule has 3 rings (SSSR count). The van der Waals surface area contributed by atoms with Gasteiger partial charge in [0, 0.05) is 36.4 Å². The number of rotatable bonds is 7. The molecular weight excluding hydrogens is 522 g/mol. The van der Waals surface area contributed by atoms with Gasteiger partial charge in [0.05, 0.1) is 5.69 Å². The van der Waals surface area contributed by atoms with Crippen molar-refractivity contribution in [2.24, 2.45) is 11.3 Å². The van der Waals surface area contributed by atoms with Crippen LogP contribution in [-0.2, 0) is 16.0 Å². The molecule has 2 aromatic heterocycles.